The summed E-state index contributed by atoms with van der Waals surface area (Å²) >= 11 is 0. The van der Waals surface area contributed by atoms with Crippen molar-refractivity contribution in [1.82, 2.24) is 15.1 Å². The average Bonchev–Trinajstić information content (AvgIpc) is 2.55. The summed E-state index contributed by atoms with van der Waals surface area (Å²) in [5.74, 6) is 0.208. The molecule has 0 aliphatic heterocycles. The minimum absolute atomic E-state index is 0.0786. The van der Waals surface area contributed by atoms with Gasteiger partial charge in [0.05, 0.1) is 6.10 Å². The second-order valence-electron chi connectivity index (χ2n) is 7.21. The van der Waals surface area contributed by atoms with Gasteiger partial charge < -0.3 is 20.2 Å². The van der Waals surface area contributed by atoms with Gasteiger partial charge in [-0.1, -0.05) is 37.1 Å². The van der Waals surface area contributed by atoms with Gasteiger partial charge in [0, 0.05) is 32.6 Å². The van der Waals surface area contributed by atoms with Gasteiger partial charge in [-0.05, 0) is 38.1 Å². The molecule has 0 heterocycles. The van der Waals surface area contributed by atoms with Crippen molar-refractivity contribution in [2.45, 2.75) is 44.9 Å². The molecular weight excluding hydrogens is 302 g/mol. The van der Waals surface area contributed by atoms with E-state index in [0.29, 0.717) is 13.1 Å². The molecule has 0 aromatic heterocycles. The quantitative estimate of drug-likeness (QED) is 0.841. The van der Waals surface area contributed by atoms with Crippen molar-refractivity contribution in [1.29, 1.82) is 0 Å². The van der Waals surface area contributed by atoms with Gasteiger partial charge in [-0.25, -0.2) is 4.79 Å². The van der Waals surface area contributed by atoms with E-state index < -0.39 is 0 Å². The molecule has 2 rings (SSSR count). The van der Waals surface area contributed by atoms with Crippen LogP contribution in [0.5, 0.6) is 0 Å². The number of benzene rings is 1. The molecule has 0 spiro atoms. The Morgan fingerprint density at radius 3 is 2.38 bits per heavy atom. The number of carbonyl (C=O) groups excluding carboxylic acids is 1. The molecule has 134 valence electrons. The van der Waals surface area contributed by atoms with Crippen molar-refractivity contribution in [3.63, 3.8) is 0 Å². The van der Waals surface area contributed by atoms with Gasteiger partial charge in [0.15, 0.2) is 0 Å². The van der Waals surface area contributed by atoms with E-state index in [-0.39, 0.29) is 18.1 Å². The summed E-state index contributed by atoms with van der Waals surface area (Å²) < 4.78 is 0. The molecule has 0 radical (unpaired) electrons. The molecule has 1 fully saturated rings. The zero-order valence-electron chi connectivity index (χ0n) is 15.2. The van der Waals surface area contributed by atoms with Gasteiger partial charge in [0.2, 0.25) is 0 Å². The summed E-state index contributed by atoms with van der Waals surface area (Å²) in [4.78, 5) is 16.1. The predicted octanol–water partition coefficient (Wildman–Crippen LogP) is 2.44. The van der Waals surface area contributed by atoms with E-state index in [9.17, 15) is 9.90 Å². The normalized spacial score (nSPS) is 20.9. The van der Waals surface area contributed by atoms with E-state index in [0.717, 1.165) is 37.8 Å². The Morgan fingerprint density at radius 1 is 1.12 bits per heavy atom. The molecule has 24 heavy (non-hydrogen) atoms. The van der Waals surface area contributed by atoms with E-state index in [1.807, 2.05) is 14.1 Å². The topological polar surface area (TPSA) is 55.8 Å². The van der Waals surface area contributed by atoms with E-state index >= 15 is 0 Å². The third-order valence-corrected chi connectivity index (χ3v) is 4.69. The van der Waals surface area contributed by atoms with Gasteiger partial charge in [-0.2, -0.15) is 0 Å². The number of nitrogens with one attached hydrogen (secondary N) is 1. The van der Waals surface area contributed by atoms with Crippen LogP contribution in [0.4, 0.5) is 4.79 Å². The van der Waals surface area contributed by atoms with Gasteiger partial charge in [-0.15, -0.1) is 0 Å². The van der Waals surface area contributed by atoms with Crippen molar-refractivity contribution >= 4 is 6.03 Å². The molecule has 0 saturated heterocycles. The highest BCUT2D eigenvalue weighted by atomic mass is 16.3. The SMILES string of the molecule is CN(C)Cc1ccc(CNC(=O)N(C)C[C@H]2CCCC[C@@H]2O)cc1. The number of hydrogen-bond acceptors (Lipinski definition) is 3. The maximum absolute atomic E-state index is 12.2. The van der Waals surface area contributed by atoms with Gasteiger partial charge in [0.1, 0.15) is 0 Å². The van der Waals surface area contributed by atoms with Crippen molar-refractivity contribution in [3.8, 4) is 0 Å². The Labute approximate surface area is 145 Å². The van der Waals surface area contributed by atoms with Crippen LogP contribution in [0.3, 0.4) is 0 Å². The maximum Gasteiger partial charge on any atom is 0.317 e. The first-order valence-corrected chi connectivity index (χ1v) is 8.85. The summed E-state index contributed by atoms with van der Waals surface area (Å²) in [5, 5.41) is 13.0. The highest BCUT2D eigenvalue weighted by molar-refractivity contribution is 5.73. The van der Waals surface area contributed by atoms with Crippen molar-refractivity contribution < 1.29 is 9.90 Å². The monoisotopic (exact) mass is 333 g/mol. The maximum atomic E-state index is 12.2. The summed E-state index contributed by atoms with van der Waals surface area (Å²) in [7, 11) is 5.90. The third-order valence-electron chi connectivity index (χ3n) is 4.69. The van der Waals surface area contributed by atoms with Crippen molar-refractivity contribution in [2.24, 2.45) is 5.92 Å². The number of nitrogens with zero attached hydrogens (tertiary/aromatic N) is 2. The molecule has 2 N–H and O–H groups in total. The fourth-order valence-electron chi connectivity index (χ4n) is 3.28. The highest BCUT2D eigenvalue weighted by Crippen LogP contribution is 2.24. The van der Waals surface area contributed by atoms with Crippen LogP contribution in [0, 0.1) is 5.92 Å². The number of urea groups is 1. The number of hydrogen-bond donors (Lipinski definition) is 2. The number of carbonyl (C=O) groups is 1. The lowest BCUT2D eigenvalue weighted by atomic mass is 9.86. The van der Waals surface area contributed by atoms with Crippen LogP contribution < -0.4 is 5.32 Å². The van der Waals surface area contributed by atoms with Crippen molar-refractivity contribution in [2.75, 3.05) is 27.7 Å². The summed E-state index contributed by atoms with van der Waals surface area (Å²) in [6.07, 6.45) is 3.85. The predicted molar refractivity (Wildman–Crippen MR) is 96.7 cm³/mol. The smallest absolute Gasteiger partial charge is 0.317 e. The molecule has 2 amide bonds. The van der Waals surface area contributed by atoms with Crippen LogP contribution in [0.1, 0.15) is 36.8 Å². The van der Waals surface area contributed by atoms with Crippen molar-refractivity contribution in [3.05, 3.63) is 35.4 Å². The van der Waals surface area contributed by atoms with Crippen LogP contribution in [0.2, 0.25) is 0 Å². The van der Waals surface area contributed by atoms with Crippen LogP contribution in [-0.4, -0.2) is 54.7 Å². The van der Waals surface area contributed by atoms with E-state index in [1.165, 1.54) is 5.56 Å². The average molecular weight is 333 g/mol. The molecule has 1 aliphatic carbocycles. The van der Waals surface area contributed by atoms with Crippen LogP contribution in [0.25, 0.3) is 0 Å². The standard InChI is InChI=1S/C19H31N3O2/c1-21(2)13-16-10-8-15(9-11-16)12-20-19(24)22(3)14-17-6-4-5-7-18(17)23/h8-11,17-18,23H,4-7,12-14H2,1-3H3,(H,20,24)/t17-,18+/m1/s1. The molecule has 2 atom stereocenters. The Morgan fingerprint density at radius 2 is 1.75 bits per heavy atom. The lowest BCUT2D eigenvalue weighted by Gasteiger charge is -2.31. The fraction of sp³-hybridized carbons (Fsp3) is 0.632. The first kappa shape index (κ1) is 18.7. The molecule has 1 aromatic carbocycles. The summed E-state index contributed by atoms with van der Waals surface area (Å²) in [5.41, 5.74) is 2.36. The zero-order chi connectivity index (χ0) is 17.5. The van der Waals surface area contributed by atoms with E-state index in [2.05, 4.69) is 34.5 Å². The first-order chi connectivity index (χ1) is 11.5. The largest absolute Gasteiger partial charge is 0.393 e. The Hall–Kier alpha value is -1.59. The molecule has 5 nitrogen and oxygen atoms in total. The molecular formula is C19H31N3O2. The Balaban J connectivity index is 1.77. The van der Waals surface area contributed by atoms with Crippen LogP contribution >= 0.6 is 0 Å². The molecule has 0 bridgehead atoms. The zero-order valence-corrected chi connectivity index (χ0v) is 15.2. The lowest BCUT2D eigenvalue weighted by molar-refractivity contribution is 0.0565. The van der Waals surface area contributed by atoms with E-state index in [1.54, 1.807) is 11.9 Å². The summed E-state index contributed by atoms with van der Waals surface area (Å²) in [6, 6.07) is 8.24. The molecule has 5 heteroatoms. The van der Waals surface area contributed by atoms with Gasteiger partial charge in [0.25, 0.3) is 0 Å². The number of amides is 2. The Bertz CT molecular complexity index is 516. The van der Waals surface area contributed by atoms with E-state index in [4.69, 9.17) is 0 Å². The van der Waals surface area contributed by atoms with Crippen LogP contribution in [-0.2, 0) is 13.1 Å². The van der Waals surface area contributed by atoms with Gasteiger partial charge in [-0.3, -0.25) is 0 Å². The fourth-order valence-corrected chi connectivity index (χ4v) is 3.28. The lowest BCUT2D eigenvalue weighted by Crippen LogP contribution is -2.42. The molecule has 0 unspecified atom stereocenters. The minimum atomic E-state index is -0.266. The number of aliphatic hydroxyl groups is 1. The summed E-state index contributed by atoms with van der Waals surface area (Å²) in [6.45, 7) is 2.06. The van der Waals surface area contributed by atoms with Crippen LogP contribution in [0.15, 0.2) is 24.3 Å². The molecule has 1 aromatic rings. The number of rotatable bonds is 6. The third kappa shape index (κ3) is 5.80. The highest BCUT2D eigenvalue weighted by Gasteiger charge is 2.25. The minimum Gasteiger partial charge on any atom is -0.393 e. The first-order valence-electron chi connectivity index (χ1n) is 8.85. The molecule has 1 saturated carbocycles. The Kier molecular flexibility index (Phi) is 7.06. The number of aliphatic hydroxyl groups excluding tert-OH is 1. The second kappa shape index (κ2) is 9.04. The molecule has 1 aliphatic rings. The second-order valence-corrected chi connectivity index (χ2v) is 7.21. The van der Waals surface area contributed by atoms with Gasteiger partial charge >= 0.3 is 6.03 Å².